The zero-order valence-corrected chi connectivity index (χ0v) is 15.6. The standard InChI is InChI=1S/C20H20ClN3O3/c1-2-27-20(26)18-11-17(19(25)15-10-14(21)8-9-16(15)22)23-24(18)12-13-6-4-3-5-7-13/h3-10,18H,2,11-12,22H2,1H3. The maximum Gasteiger partial charge on any atom is 0.330 e. The average Bonchev–Trinajstić information content (AvgIpc) is 3.08. The van der Waals surface area contributed by atoms with Crippen LogP contribution < -0.4 is 5.73 Å². The van der Waals surface area contributed by atoms with Crippen LogP contribution in [-0.4, -0.2) is 35.1 Å². The largest absolute Gasteiger partial charge is 0.464 e. The number of carbonyl (C=O) groups is 2. The van der Waals surface area contributed by atoms with Crippen molar-refractivity contribution < 1.29 is 14.3 Å². The zero-order valence-electron chi connectivity index (χ0n) is 14.9. The summed E-state index contributed by atoms with van der Waals surface area (Å²) in [4.78, 5) is 25.3. The number of anilines is 1. The number of carbonyl (C=O) groups excluding carboxylic acids is 2. The van der Waals surface area contributed by atoms with Crippen molar-refractivity contribution in [2.24, 2.45) is 5.10 Å². The molecule has 2 aromatic rings. The SMILES string of the molecule is CCOC(=O)C1CC(C(=O)c2cc(Cl)ccc2N)=NN1Cc1ccccc1. The minimum Gasteiger partial charge on any atom is -0.464 e. The van der Waals surface area contributed by atoms with Crippen LogP contribution >= 0.6 is 11.6 Å². The van der Waals surface area contributed by atoms with Crippen LogP contribution in [0.15, 0.2) is 53.6 Å². The van der Waals surface area contributed by atoms with Gasteiger partial charge in [0.25, 0.3) is 0 Å². The van der Waals surface area contributed by atoms with Crippen LogP contribution in [0.25, 0.3) is 0 Å². The summed E-state index contributed by atoms with van der Waals surface area (Å²) in [5, 5.41) is 6.43. The number of nitrogens with two attached hydrogens (primary N) is 1. The highest BCUT2D eigenvalue weighted by Gasteiger charge is 2.36. The highest BCUT2D eigenvalue weighted by molar-refractivity contribution is 6.48. The topological polar surface area (TPSA) is 85.0 Å². The second-order valence-electron chi connectivity index (χ2n) is 6.16. The number of nitrogens with zero attached hydrogens (tertiary/aromatic N) is 2. The summed E-state index contributed by atoms with van der Waals surface area (Å²) in [6.45, 7) is 2.40. The molecule has 2 aromatic carbocycles. The molecule has 1 aliphatic heterocycles. The van der Waals surface area contributed by atoms with Gasteiger partial charge in [-0.3, -0.25) is 9.80 Å². The van der Waals surface area contributed by atoms with Gasteiger partial charge in [-0.2, -0.15) is 5.10 Å². The smallest absolute Gasteiger partial charge is 0.330 e. The van der Waals surface area contributed by atoms with Gasteiger partial charge >= 0.3 is 5.97 Å². The van der Waals surface area contributed by atoms with Crippen molar-refractivity contribution in [3.05, 3.63) is 64.7 Å². The van der Waals surface area contributed by atoms with Crippen LogP contribution in [-0.2, 0) is 16.1 Å². The molecule has 0 fully saturated rings. The lowest BCUT2D eigenvalue weighted by Crippen LogP contribution is -2.35. The third-order valence-corrected chi connectivity index (χ3v) is 4.50. The molecule has 0 saturated carbocycles. The van der Waals surface area contributed by atoms with E-state index in [2.05, 4.69) is 5.10 Å². The monoisotopic (exact) mass is 385 g/mol. The van der Waals surface area contributed by atoms with E-state index in [4.69, 9.17) is 22.1 Å². The second kappa shape index (κ2) is 8.22. The number of Topliss-reactive ketones (excluding diaryl/α,β-unsaturated/α-hetero) is 1. The van der Waals surface area contributed by atoms with Gasteiger partial charge in [0, 0.05) is 22.7 Å². The molecule has 1 atom stereocenters. The van der Waals surface area contributed by atoms with E-state index in [-0.39, 0.29) is 30.1 Å². The van der Waals surface area contributed by atoms with E-state index in [9.17, 15) is 9.59 Å². The van der Waals surface area contributed by atoms with Crippen molar-refractivity contribution in [3.8, 4) is 0 Å². The van der Waals surface area contributed by atoms with Crippen molar-refractivity contribution in [1.29, 1.82) is 0 Å². The summed E-state index contributed by atoms with van der Waals surface area (Å²) in [5.41, 5.74) is 7.76. The first kappa shape index (κ1) is 18.9. The number of ketones is 1. The summed E-state index contributed by atoms with van der Waals surface area (Å²) in [5.74, 6) is -0.737. The van der Waals surface area contributed by atoms with E-state index < -0.39 is 12.0 Å². The minimum absolute atomic E-state index is 0.163. The predicted octanol–water partition coefficient (Wildman–Crippen LogP) is 3.30. The molecule has 0 aromatic heterocycles. The molecule has 1 heterocycles. The van der Waals surface area contributed by atoms with Gasteiger partial charge in [-0.15, -0.1) is 0 Å². The molecule has 27 heavy (non-hydrogen) atoms. The maximum absolute atomic E-state index is 12.9. The molecule has 0 radical (unpaired) electrons. The summed E-state index contributed by atoms with van der Waals surface area (Å²) in [6, 6.07) is 13.7. The third kappa shape index (κ3) is 4.28. The van der Waals surface area contributed by atoms with Gasteiger partial charge in [0.05, 0.1) is 13.2 Å². The number of hydrogen-bond donors (Lipinski definition) is 1. The van der Waals surface area contributed by atoms with E-state index in [1.165, 1.54) is 6.07 Å². The second-order valence-corrected chi connectivity index (χ2v) is 6.60. The van der Waals surface area contributed by atoms with Crippen LogP contribution in [0.3, 0.4) is 0 Å². The molecule has 1 aliphatic rings. The minimum atomic E-state index is -0.649. The van der Waals surface area contributed by atoms with E-state index in [0.29, 0.717) is 17.3 Å². The zero-order chi connectivity index (χ0) is 19.4. The summed E-state index contributed by atoms with van der Waals surface area (Å²) in [7, 11) is 0. The highest BCUT2D eigenvalue weighted by Crippen LogP contribution is 2.25. The fourth-order valence-electron chi connectivity index (χ4n) is 2.93. The predicted molar refractivity (Wildman–Crippen MR) is 105 cm³/mol. The van der Waals surface area contributed by atoms with Gasteiger partial charge in [-0.25, -0.2) is 4.79 Å². The van der Waals surface area contributed by atoms with Gasteiger partial charge < -0.3 is 10.5 Å². The Hall–Kier alpha value is -2.86. The molecule has 1 unspecified atom stereocenters. The molecule has 0 spiro atoms. The Kier molecular flexibility index (Phi) is 5.76. The number of ether oxygens (including phenoxy) is 1. The van der Waals surface area contributed by atoms with E-state index in [0.717, 1.165) is 5.56 Å². The van der Waals surface area contributed by atoms with Crippen molar-refractivity contribution in [2.45, 2.75) is 25.9 Å². The molecular formula is C20H20ClN3O3. The molecule has 7 heteroatoms. The van der Waals surface area contributed by atoms with Crippen LogP contribution in [0.2, 0.25) is 5.02 Å². The Morgan fingerprint density at radius 1 is 1.26 bits per heavy atom. The van der Waals surface area contributed by atoms with Crippen molar-refractivity contribution in [1.82, 2.24) is 5.01 Å². The molecular weight excluding hydrogens is 366 g/mol. The fraction of sp³-hybridized carbons (Fsp3) is 0.250. The molecule has 0 bridgehead atoms. The third-order valence-electron chi connectivity index (χ3n) is 4.26. The van der Waals surface area contributed by atoms with Gasteiger partial charge in [-0.1, -0.05) is 41.9 Å². The molecule has 0 amide bonds. The van der Waals surface area contributed by atoms with Crippen molar-refractivity contribution in [2.75, 3.05) is 12.3 Å². The van der Waals surface area contributed by atoms with E-state index >= 15 is 0 Å². The lowest BCUT2D eigenvalue weighted by Gasteiger charge is -2.21. The van der Waals surface area contributed by atoms with Crippen LogP contribution in [0.5, 0.6) is 0 Å². The van der Waals surface area contributed by atoms with Gasteiger partial charge in [0.2, 0.25) is 5.78 Å². The lowest BCUT2D eigenvalue weighted by molar-refractivity contribution is -0.149. The Labute approximate surface area is 162 Å². The quantitative estimate of drug-likeness (QED) is 0.468. The maximum atomic E-state index is 12.9. The molecule has 3 rings (SSSR count). The van der Waals surface area contributed by atoms with E-state index in [1.807, 2.05) is 30.3 Å². The Balaban J connectivity index is 1.88. The number of nitrogen functional groups attached to an aromatic ring is 1. The molecule has 6 nitrogen and oxygen atoms in total. The Morgan fingerprint density at radius 2 is 2.00 bits per heavy atom. The van der Waals surface area contributed by atoms with Crippen LogP contribution in [0.4, 0.5) is 5.69 Å². The number of hydrazone groups is 1. The molecule has 140 valence electrons. The van der Waals surface area contributed by atoms with Gasteiger partial charge in [-0.05, 0) is 30.7 Å². The number of benzene rings is 2. The number of halogens is 1. The highest BCUT2D eigenvalue weighted by atomic mass is 35.5. The summed E-state index contributed by atoms with van der Waals surface area (Å²) in [6.07, 6.45) is 0.163. The number of esters is 1. The van der Waals surface area contributed by atoms with Crippen molar-refractivity contribution >= 4 is 34.8 Å². The first-order chi connectivity index (χ1) is 13.0. The first-order valence-corrected chi connectivity index (χ1v) is 9.01. The van der Waals surface area contributed by atoms with Crippen LogP contribution in [0, 0.1) is 0 Å². The Bertz CT molecular complexity index is 883. The van der Waals surface area contributed by atoms with E-state index in [1.54, 1.807) is 24.1 Å². The lowest BCUT2D eigenvalue weighted by atomic mass is 10.0. The van der Waals surface area contributed by atoms with Crippen LogP contribution in [0.1, 0.15) is 29.3 Å². The summed E-state index contributed by atoms with van der Waals surface area (Å²) < 4.78 is 5.16. The first-order valence-electron chi connectivity index (χ1n) is 8.64. The number of hydrogen-bond acceptors (Lipinski definition) is 6. The van der Waals surface area contributed by atoms with Gasteiger partial charge in [0.15, 0.2) is 6.04 Å². The van der Waals surface area contributed by atoms with Crippen molar-refractivity contribution in [3.63, 3.8) is 0 Å². The fourth-order valence-corrected chi connectivity index (χ4v) is 3.10. The normalized spacial score (nSPS) is 16.1. The summed E-state index contributed by atoms with van der Waals surface area (Å²) >= 11 is 5.99. The molecule has 0 saturated heterocycles. The average molecular weight is 386 g/mol. The number of rotatable bonds is 6. The van der Waals surface area contributed by atoms with Gasteiger partial charge in [0.1, 0.15) is 5.71 Å². The molecule has 2 N–H and O–H groups in total. The Morgan fingerprint density at radius 3 is 2.70 bits per heavy atom. The molecule has 0 aliphatic carbocycles.